The molecule has 0 atom stereocenters. The number of hydrogen-bond donors (Lipinski definition) is 2. The summed E-state index contributed by atoms with van der Waals surface area (Å²) in [6, 6.07) is 4.80. The molecule has 0 bridgehead atoms. The van der Waals surface area contributed by atoms with E-state index in [0.717, 1.165) is 32.8 Å². The summed E-state index contributed by atoms with van der Waals surface area (Å²) in [4.78, 5) is 28.5. The lowest BCUT2D eigenvalue weighted by molar-refractivity contribution is 0.0359. The molecule has 0 unspecified atom stereocenters. The van der Waals surface area contributed by atoms with Gasteiger partial charge < -0.3 is 24.4 Å². The minimum Gasteiger partial charge on any atom is -0.495 e. The zero-order chi connectivity index (χ0) is 21.4. The van der Waals surface area contributed by atoms with Crippen LogP contribution in [0.2, 0.25) is 0 Å². The van der Waals surface area contributed by atoms with Gasteiger partial charge in [0.05, 0.1) is 26.0 Å². The van der Waals surface area contributed by atoms with E-state index in [1.807, 2.05) is 0 Å². The average Bonchev–Trinajstić information content (AvgIpc) is 2.65. The molecule has 1 aromatic carbocycles. The fraction of sp³-hybridized carbons (Fsp3) is 0.600. The first-order valence-electron chi connectivity index (χ1n) is 9.68. The fourth-order valence-corrected chi connectivity index (χ4v) is 2.73. The standard InChI is InChI=1S/C20H32N4O5/c1-20(2,3)29-19(26)22-16-14-15(6-7-17(16)27-5)21-18(25)23(4)8-9-24-10-12-28-13-11-24/h6-7,14H,8-13H2,1-5H3,(H,21,25)(H,22,26). The number of carbonyl (C=O) groups is 2. The number of amides is 3. The van der Waals surface area contributed by atoms with E-state index < -0.39 is 11.7 Å². The number of nitrogens with one attached hydrogen (secondary N) is 2. The molecule has 0 aromatic heterocycles. The Bertz CT molecular complexity index is 699. The molecule has 1 heterocycles. The van der Waals surface area contributed by atoms with Crippen LogP contribution in [0.25, 0.3) is 0 Å². The Morgan fingerprint density at radius 3 is 2.52 bits per heavy atom. The van der Waals surface area contributed by atoms with Crippen molar-refractivity contribution < 1.29 is 23.8 Å². The minimum atomic E-state index is -0.619. The normalized spacial score (nSPS) is 14.8. The van der Waals surface area contributed by atoms with Crippen molar-refractivity contribution in [3.8, 4) is 5.75 Å². The molecule has 1 aliphatic rings. The van der Waals surface area contributed by atoms with Gasteiger partial charge in [0.1, 0.15) is 11.4 Å². The van der Waals surface area contributed by atoms with Crippen LogP contribution in [0, 0.1) is 0 Å². The molecule has 0 spiro atoms. The second-order valence-corrected chi connectivity index (χ2v) is 7.85. The van der Waals surface area contributed by atoms with Gasteiger partial charge in [-0.05, 0) is 39.0 Å². The summed E-state index contributed by atoms with van der Waals surface area (Å²) in [5, 5.41) is 5.50. The molecule has 0 radical (unpaired) electrons. The van der Waals surface area contributed by atoms with Crippen LogP contribution in [-0.2, 0) is 9.47 Å². The van der Waals surface area contributed by atoms with E-state index in [9.17, 15) is 9.59 Å². The molecule has 2 N–H and O–H groups in total. The lowest BCUT2D eigenvalue weighted by Gasteiger charge is -2.28. The van der Waals surface area contributed by atoms with Crippen molar-refractivity contribution >= 4 is 23.5 Å². The molecular formula is C20H32N4O5. The van der Waals surface area contributed by atoms with Crippen molar-refractivity contribution in [2.45, 2.75) is 26.4 Å². The highest BCUT2D eigenvalue weighted by molar-refractivity contribution is 5.92. The fourth-order valence-electron chi connectivity index (χ4n) is 2.73. The monoisotopic (exact) mass is 408 g/mol. The van der Waals surface area contributed by atoms with Crippen LogP contribution in [0.5, 0.6) is 5.75 Å². The summed E-state index contributed by atoms with van der Waals surface area (Å²) in [7, 11) is 3.26. The van der Waals surface area contributed by atoms with E-state index >= 15 is 0 Å². The van der Waals surface area contributed by atoms with E-state index in [2.05, 4.69) is 15.5 Å². The summed E-state index contributed by atoms with van der Waals surface area (Å²) in [5.74, 6) is 0.467. The number of morpholine rings is 1. The van der Waals surface area contributed by atoms with Gasteiger partial charge in [0.25, 0.3) is 0 Å². The molecule has 9 nitrogen and oxygen atoms in total. The van der Waals surface area contributed by atoms with E-state index in [1.165, 1.54) is 7.11 Å². The zero-order valence-electron chi connectivity index (χ0n) is 17.9. The molecule has 2 rings (SSSR count). The highest BCUT2D eigenvalue weighted by Gasteiger charge is 2.18. The largest absolute Gasteiger partial charge is 0.495 e. The smallest absolute Gasteiger partial charge is 0.412 e. The van der Waals surface area contributed by atoms with Crippen LogP contribution in [0.1, 0.15) is 20.8 Å². The van der Waals surface area contributed by atoms with Crippen LogP contribution in [0.4, 0.5) is 21.0 Å². The minimum absolute atomic E-state index is 0.230. The predicted octanol–water partition coefficient (Wildman–Crippen LogP) is 2.84. The van der Waals surface area contributed by atoms with Crippen molar-refractivity contribution in [1.82, 2.24) is 9.80 Å². The van der Waals surface area contributed by atoms with Crippen LogP contribution >= 0.6 is 0 Å². The Hall–Kier alpha value is -2.52. The number of urea groups is 1. The lowest BCUT2D eigenvalue weighted by Crippen LogP contribution is -2.42. The number of rotatable bonds is 6. The van der Waals surface area contributed by atoms with Crippen molar-refractivity contribution in [2.24, 2.45) is 0 Å². The first-order valence-corrected chi connectivity index (χ1v) is 9.68. The van der Waals surface area contributed by atoms with Crippen LogP contribution < -0.4 is 15.4 Å². The van der Waals surface area contributed by atoms with Gasteiger partial charge in [0.15, 0.2) is 0 Å². The molecule has 9 heteroatoms. The molecule has 0 aliphatic carbocycles. The number of methoxy groups -OCH3 is 1. The summed E-state index contributed by atoms with van der Waals surface area (Å²) >= 11 is 0. The van der Waals surface area contributed by atoms with Crippen LogP contribution in [-0.4, -0.2) is 81.1 Å². The number of anilines is 2. The third-order valence-electron chi connectivity index (χ3n) is 4.29. The van der Waals surface area contributed by atoms with Crippen molar-refractivity contribution in [1.29, 1.82) is 0 Å². The molecule has 3 amide bonds. The van der Waals surface area contributed by atoms with Gasteiger partial charge >= 0.3 is 12.1 Å². The first kappa shape index (κ1) is 22.8. The second kappa shape index (κ2) is 10.3. The Balaban J connectivity index is 1.95. The summed E-state index contributed by atoms with van der Waals surface area (Å²) in [6.45, 7) is 9.98. The van der Waals surface area contributed by atoms with Gasteiger partial charge in [0, 0.05) is 38.9 Å². The third kappa shape index (κ3) is 7.78. The predicted molar refractivity (Wildman–Crippen MR) is 112 cm³/mol. The van der Waals surface area contributed by atoms with Gasteiger partial charge in [-0.1, -0.05) is 0 Å². The molecule has 1 aliphatic heterocycles. The Kier molecular flexibility index (Phi) is 8.10. The van der Waals surface area contributed by atoms with E-state index in [1.54, 1.807) is 50.9 Å². The number of nitrogens with zero attached hydrogens (tertiary/aromatic N) is 2. The van der Waals surface area contributed by atoms with Crippen molar-refractivity contribution in [3.05, 3.63) is 18.2 Å². The lowest BCUT2D eigenvalue weighted by atomic mass is 10.2. The molecule has 1 saturated heterocycles. The van der Waals surface area contributed by atoms with Crippen molar-refractivity contribution in [3.63, 3.8) is 0 Å². The third-order valence-corrected chi connectivity index (χ3v) is 4.29. The maximum atomic E-state index is 12.5. The van der Waals surface area contributed by atoms with Gasteiger partial charge in [-0.25, -0.2) is 9.59 Å². The topological polar surface area (TPSA) is 92.4 Å². The number of hydrogen-bond acceptors (Lipinski definition) is 6. The van der Waals surface area contributed by atoms with E-state index in [0.29, 0.717) is 23.7 Å². The Morgan fingerprint density at radius 2 is 1.90 bits per heavy atom. The maximum absolute atomic E-state index is 12.5. The van der Waals surface area contributed by atoms with Gasteiger partial charge in [-0.3, -0.25) is 10.2 Å². The molecule has 29 heavy (non-hydrogen) atoms. The van der Waals surface area contributed by atoms with E-state index in [-0.39, 0.29) is 6.03 Å². The number of carbonyl (C=O) groups excluding carboxylic acids is 2. The van der Waals surface area contributed by atoms with Gasteiger partial charge in [-0.15, -0.1) is 0 Å². The van der Waals surface area contributed by atoms with Crippen LogP contribution in [0.3, 0.4) is 0 Å². The number of likely N-dealkylation sites (N-methyl/N-ethyl adjacent to an activating group) is 1. The number of ether oxygens (including phenoxy) is 3. The van der Waals surface area contributed by atoms with Crippen molar-refractivity contribution in [2.75, 3.05) is 64.2 Å². The van der Waals surface area contributed by atoms with Crippen LogP contribution in [0.15, 0.2) is 18.2 Å². The first-order chi connectivity index (χ1) is 13.7. The molecule has 1 aromatic rings. The zero-order valence-corrected chi connectivity index (χ0v) is 17.9. The Morgan fingerprint density at radius 1 is 1.21 bits per heavy atom. The van der Waals surface area contributed by atoms with Gasteiger partial charge in [0.2, 0.25) is 0 Å². The highest BCUT2D eigenvalue weighted by atomic mass is 16.6. The molecule has 1 fully saturated rings. The second-order valence-electron chi connectivity index (χ2n) is 7.85. The van der Waals surface area contributed by atoms with Gasteiger partial charge in [-0.2, -0.15) is 0 Å². The molecular weight excluding hydrogens is 376 g/mol. The molecule has 0 saturated carbocycles. The highest BCUT2D eigenvalue weighted by Crippen LogP contribution is 2.28. The molecule has 162 valence electrons. The Labute approximate surface area is 172 Å². The number of benzene rings is 1. The quantitative estimate of drug-likeness (QED) is 0.752. The summed E-state index contributed by atoms with van der Waals surface area (Å²) < 4.78 is 15.9. The summed E-state index contributed by atoms with van der Waals surface area (Å²) in [5.41, 5.74) is 0.336. The summed E-state index contributed by atoms with van der Waals surface area (Å²) in [6.07, 6.45) is -0.595. The SMILES string of the molecule is COc1ccc(NC(=O)N(C)CCN2CCOCC2)cc1NC(=O)OC(C)(C)C. The average molecular weight is 408 g/mol. The maximum Gasteiger partial charge on any atom is 0.412 e. The van der Waals surface area contributed by atoms with E-state index in [4.69, 9.17) is 14.2 Å².